The van der Waals surface area contributed by atoms with Crippen molar-refractivity contribution in [2.24, 2.45) is 0 Å². The molecule has 76 valence electrons. The zero-order valence-electron chi connectivity index (χ0n) is 7.73. The number of rotatable bonds is 2. The second-order valence-electron chi connectivity index (χ2n) is 2.97. The fourth-order valence-electron chi connectivity index (χ4n) is 1.21. The third-order valence-corrected chi connectivity index (χ3v) is 1.82. The minimum Gasteiger partial charge on any atom is -0.447 e. The molecule has 1 unspecified atom stereocenters. The molecular formula is C8H15NO4. The molecule has 0 saturated carbocycles. The van der Waals surface area contributed by atoms with Gasteiger partial charge in [-0.05, 0) is 6.92 Å². The van der Waals surface area contributed by atoms with E-state index in [1.165, 1.54) is 0 Å². The van der Waals surface area contributed by atoms with E-state index in [2.05, 4.69) is 0 Å². The third-order valence-electron chi connectivity index (χ3n) is 1.82. The van der Waals surface area contributed by atoms with Crippen LogP contribution in [0.3, 0.4) is 0 Å². The van der Waals surface area contributed by atoms with Crippen molar-refractivity contribution >= 4 is 6.09 Å². The van der Waals surface area contributed by atoms with Crippen LogP contribution in [-0.4, -0.2) is 55.1 Å². The lowest BCUT2D eigenvalue weighted by atomic mass is 10.3. The van der Waals surface area contributed by atoms with Crippen molar-refractivity contribution in [3.8, 4) is 0 Å². The van der Waals surface area contributed by atoms with Gasteiger partial charge in [0, 0.05) is 6.54 Å². The molecule has 1 atom stereocenters. The summed E-state index contributed by atoms with van der Waals surface area (Å²) in [6.07, 6.45) is -0.306. The highest BCUT2D eigenvalue weighted by Gasteiger charge is 2.21. The van der Waals surface area contributed by atoms with Crippen LogP contribution in [0, 0.1) is 0 Å². The fourth-order valence-corrected chi connectivity index (χ4v) is 1.21. The van der Waals surface area contributed by atoms with Crippen LogP contribution in [-0.2, 0) is 9.47 Å². The monoisotopic (exact) mass is 189 g/mol. The summed E-state index contributed by atoms with van der Waals surface area (Å²) in [5.74, 6) is 0. The lowest BCUT2D eigenvalue weighted by molar-refractivity contribution is -0.0198. The van der Waals surface area contributed by atoms with Gasteiger partial charge in [0.1, 0.15) is 6.61 Å². The van der Waals surface area contributed by atoms with Crippen LogP contribution >= 0.6 is 0 Å². The van der Waals surface area contributed by atoms with E-state index in [1.807, 2.05) is 6.92 Å². The van der Waals surface area contributed by atoms with Crippen molar-refractivity contribution in [3.63, 3.8) is 0 Å². The molecule has 1 aliphatic rings. The Balaban J connectivity index is 2.28. The molecule has 1 aliphatic heterocycles. The molecule has 5 nitrogen and oxygen atoms in total. The first-order chi connectivity index (χ1) is 6.24. The smallest absolute Gasteiger partial charge is 0.410 e. The van der Waals surface area contributed by atoms with Gasteiger partial charge in [0.25, 0.3) is 0 Å². The Kier molecular flexibility index (Phi) is 3.98. The second-order valence-corrected chi connectivity index (χ2v) is 2.97. The quantitative estimate of drug-likeness (QED) is 0.655. The highest BCUT2D eigenvalue weighted by molar-refractivity contribution is 5.67. The van der Waals surface area contributed by atoms with E-state index in [9.17, 15) is 4.79 Å². The first kappa shape index (κ1) is 10.3. The maximum absolute atomic E-state index is 11.2. The molecule has 1 fully saturated rings. The SMILES string of the molecule is CC1CN(C(=O)OCCO)CCO1. The van der Waals surface area contributed by atoms with Crippen molar-refractivity contribution in [2.75, 3.05) is 32.9 Å². The van der Waals surface area contributed by atoms with Gasteiger partial charge in [-0.1, -0.05) is 0 Å². The van der Waals surface area contributed by atoms with E-state index in [0.717, 1.165) is 0 Å². The zero-order chi connectivity index (χ0) is 9.68. The topological polar surface area (TPSA) is 59.0 Å². The van der Waals surface area contributed by atoms with Gasteiger partial charge in [0.15, 0.2) is 0 Å². The maximum atomic E-state index is 11.2. The van der Waals surface area contributed by atoms with Crippen LogP contribution in [0.2, 0.25) is 0 Å². The van der Waals surface area contributed by atoms with Crippen molar-refractivity contribution in [2.45, 2.75) is 13.0 Å². The Morgan fingerprint density at radius 1 is 1.77 bits per heavy atom. The zero-order valence-corrected chi connectivity index (χ0v) is 7.73. The molecular weight excluding hydrogens is 174 g/mol. The van der Waals surface area contributed by atoms with Gasteiger partial charge in [-0.2, -0.15) is 0 Å². The highest BCUT2D eigenvalue weighted by Crippen LogP contribution is 2.05. The summed E-state index contributed by atoms with van der Waals surface area (Å²) in [6.45, 7) is 3.51. The molecule has 0 aromatic carbocycles. The number of hydrogen-bond donors (Lipinski definition) is 1. The number of nitrogens with zero attached hydrogens (tertiary/aromatic N) is 1. The normalized spacial score (nSPS) is 22.9. The van der Waals surface area contributed by atoms with Crippen LogP contribution in [0.5, 0.6) is 0 Å². The fraction of sp³-hybridized carbons (Fsp3) is 0.875. The maximum Gasteiger partial charge on any atom is 0.410 e. The van der Waals surface area contributed by atoms with E-state index in [0.29, 0.717) is 19.7 Å². The molecule has 1 N–H and O–H groups in total. The Morgan fingerprint density at radius 3 is 3.15 bits per heavy atom. The number of aliphatic hydroxyl groups is 1. The van der Waals surface area contributed by atoms with Gasteiger partial charge in [-0.15, -0.1) is 0 Å². The molecule has 0 spiro atoms. The molecule has 0 aromatic heterocycles. The van der Waals surface area contributed by atoms with Crippen molar-refractivity contribution in [1.82, 2.24) is 4.90 Å². The van der Waals surface area contributed by atoms with Crippen LogP contribution in [0.15, 0.2) is 0 Å². The van der Waals surface area contributed by atoms with Crippen LogP contribution in [0.4, 0.5) is 4.79 Å². The third kappa shape index (κ3) is 3.20. The minimum absolute atomic E-state index is 0.0601. The largest absolute Gasteiger partial charge is 0.447 e. The Morgan fingerprint density at radius 2 is 2.54 bits per heavy atom. The van der Waals surface area contributed by atoms with Crippen LogP contribution < -0.4 is 0 Å². The minimum atomic E-state index is -0.371. The predicted octanol–water partition coefficient (Wildman–Crippen LogP) is -0.164. The summed E-state index contributed by atoms with van der Waals surface area (Å²) in [6, 6.07) is 0. The number of morpholine rings is 1. The molecule has 1 saturated heterocycles. The van der Waals surface area contributed by atoms with E-state index >= 15 is 0 Å². The number of carbonyl (C=O) groups excluding carboxylic acids is 1. The molecule has 0 aromatic rings. The van der Waals surface area contributed by atoms with Gasteiger partial charge >= 0.3 is 6.09 Å². The van der Waals surface area contributed by atoms with E-state index in [1.54, 1.807) is 4.90 Å². The lowest BCUT2D eigenvalue weighted by Crippen LogP contribution is -2.44. The molecule has 13 heavy (non-hydrogen) atoms. The average molecular weight is 189 g/mol. The second kappa shape index (κ2) is 5.04. The van der Waals surface area contributed by atoms with Gasteiger partial charge in [-0.25, -0.2) is 4.79 Å². The molecule has 1 rings (SSSR count). The molecule has 1 heterocycles. The summed E-state index contributed by atoms with van der Waals surface area (Å²) in [4.78, 5) is 12.8. The average Bonchev–Trinajstić information content (AvgIpc) is 2.14. The summed E-state index contributed by atoms with van der Waals surface area (Å²) in [7, 11) is 0. The van der Waals surface area contributed by atoms with Gasteiger partial charge in [-0.3, -0.25) is 0 Å². The molecule has 1 amide bonds. The summed E-state index contributed by atoms with van der Waals surface area (Å²) >= 11 is 0. The number of carbonyl (C=O) groups is 1. The molecule has 5 heteroatoms. The van der Waals surface area contributed by atoms with Gasteiger partial charge < -0.3 is 19.5 Å². The van der Waals surface area contributed by atoms with Crippen molar-refractivity contribution in [3.05, 3.63) is 0 Å². The predicted molar refractivity (Wildman–Crippen MR) is 45.4 cm³/mol. The lowest BCUT2D eigenvalue weighted by Gasteiger charge is -2.30. The highest BCUT2D eigenvalue weighted by atomic mass is 16.6. The van der Waals surface area contributed by atoms with E-state index < -0.39 is 0 Å². The Bertz CT molecular complexity index is 174. The summed E-state index contributed by atoms with van der Waals surface area (Å²) < 4.78 is 10.0. The Labute approximate surface area is 77.2 Å². The standard InChI is InChI=1S/C8H15NO4/c1-7-6-9(2-4-12-7)8(11)13-5-3-10/h7,10H,2-6H2,1H3. The first-order valence-corrected chi connectivity index (χ1v) is 4.38. The van der Waals surface area contributed by atoms with Crippen molar-refractivity contribution < 1.29 is 19.4 Å². The van der Waals surface area contributed by atoms with Gasteiger partial charge in [0.05, 0.1) is 25.9 Å². The molecule has 0 bridgehead atoms. The van der Waals surface area contributed by atoms with Crippen molar-refractivity contribution in [1.29, 1.82) is 0 Å². The van der Waals surface area contributed by atoms with Gasteiger partial charge in [0.2, 0.25) is 0 Å². The summed E-state index contributed by atoms with van der Waals surface area (Å²) in [5, 5.41) is 8.45. The number of hydrogen-bond acceptors (Lipinski definition) is 4. The first-order valence-electron chi connectivity index (χ1n) is 4.38. The Hall–Kier alpha value is -0.810. The molecule has 0 aliphatic carbocycles. The number of ether oxygens (including phenoxy) is 2. The van der Waals surface area contributed by atoms with Crippen LogP contribution in [0.25, 0.3) is 0 Å². The van der Waals surface area contributed by atoms with Crippen LogP contribution in [0.1, 0.15) is 6.92 Å². The van der Waals surface area contributed by atoms with E-state index in [4.69, 9.17) is 14.6 Å². The van der Waals surface area contributed by atoms with E-state index in [-0.39, 0.29) is 25.4 Å². The number of aliphatic hydroxyl groups excluding tert-OH is 1. The number of amides is 1. The molecule has 0 radical (unpaired) electrons. The summed E-state index contributed by atoms with van der Waals surface area (Å²) in [5.41, 5.74) is 0.